The molecule has 2 unspecified atom stereocenters. The Balaban J connectivity index is 1.43. The Morgan fingerprint density at radius 3 is 2.35 bits per heavy atom. The number of anilines is 3. The number of nitrogens with zero attached hydrogens (tertiary/aromatic N) is 1. The zero-order valence-electron chi connectivity index (χ0n) is 28.5. The minimum atomic E-state index is -3.72. The van der Waals surface area contributed by atoms with Crippen molar-refractivity contribution in [2.75, 3.05) is 28.8 Å². The number of sulfonamides is 1. The average Bonchev–Trinajstić information content (AvgIpc) is 3.13. The molecule has 0 aromatic heterocycles. The van der Waals surface area contributed by atoms with Crippen LogP contribution in [-0.4, -0.2) is 67.1 Å². The molecule has 49 heavy (non-hydrogen) atoms. The van der Waals surface area contributed by atoms with Crippen LogP contribution in [0.2, 0.25) is 0 Å². The van der Waals surface area contributed by atoms with E-state index in [0.717, 1.165) is 16.7 Å². The lowest BCUT2D eigenvalue weighted by Crippen LogP contribution is -2.53. The highest BCUT2D eigenvalue weighted by atomic mass is 32.2. The molecule has 0 saturated heterocycles. The van der Waals surface area contributed by atoms with Crippen molar-refractivity contribution >= 4 is 50.9 Å². The Morgan fingerprint density at radius 1 is 1.00 bits per heavy atom. The molecule has 262 valence electrons. The summed E-state index contributed by atoms with van der Waals surface area (Å²) in [6, 6.07) is 17.2. The number of para-hydroxylation sites is 1. The molecule has 1 heterocycles. The van der Waals surface area contributed by atoms with Crippen LogP contribution in [0.5, 0.6) is 0 Å². The van der Waals surface area contributed by atoms with Gasteiger partial charge in [0.1, 0.15) is 12.1 Å². The molecule has 0 fully saturated rings. The fourth-order valence-corrected chi connectivity index (χ4v) is 7.46. The van der Waals surface area contributed by atoms with Crippen LogP contribution in [0.1, 0.15) is 73.5 Å². The molecule has 12 nitrogen and oxygen atoms in total. The third kappa shape index (κ3) is 9.24. The van der Waals surface area contributed by atoms with Crippen molar-refractivity contribution < 1.29 is 32.7 Å². The molecule has 1 aliphatic heterocycles. The molecular weight excluding hydrogens is 646 g/mol. The van der Waals surface area contributed by atoms with E-state index < -0.39 is 33.5 Å². The van der Waals surface area contributed by atoms with Gasteiger partial charge in [-0.05, 0) is 79.6 Å². The molecule has 4 rings (SSSR count). The Kier molecular flexibility index (Phi) is 11.8. The number of urea groups is 1. The average molecular weight is 692 g/mol. The second-order valence-electron chi connectivity index (χ2n) is 13.0. The summed E-state index contributed by atoms with van der Waals surface area (Å²) in [5.41, 5.74) is 3.57. The second-order valence-corrected chi connectivity index (χ2v) is 14.8. The Morgan fingerprint density at radius 2 is 1.69 bits per heavy atom. The number of carbonyl (C=O) groups excluding carboxylic acids is 3. The predicted octanol–water partition coefficient (Wildman–Crippen LogP) is 5.50. The normalized spacial score (nSPS) is 15.5. The van der Waals surface area contributed by atoms with Crippen LogP contribution < -0.4 is 20.7 Å². The number of hydrogen-bond acceptors (Lipinski definition) is 6. The number of carboxylic acid groups (broad SMARTS) is 1. The lowest BCUT2D eigenvalue weighted by atomic mass is 9.76. The van der Waals surface area contributed by atoms with Gasteiger partial charge < -0.3 is 26.0 Å². The van der Waals surface area contributed by atoms with Crippen molar-refractivity contribution in [3.05, 3.63) is 89.0 Å². The first-order valence-electron chi connectivity index (χ1n) is 16.3. The molecule has 0 saturated carbocycles. The zero-order valence-corrected chi connectivity index (χ0v) is 29.3. The highest BCUT2D eigenvalue weighted by Crippen LogP contribution is 2.35. The third-order valence-electron chi connectivity index (χ3n) is 8.84. The molecule has 3 aromatic rings. The van der Waals surface area contributed by atoms with Crippen molar-refractivity contribution in [1.29, 1.82) is 0 Å². The summed E-state index contributed by atoms with van der Waals surface area (Å²) < 4.78 is 26.8. The van der Waals surface area contributed by atoms with Gasteiger partial charge in [0.25, 0.3) is 5.91 Å². The first-order chi connectivity index (χ1) is 23.1. The maximum atomic E-state index is 13.8. The molecule has 1 aliphatic rings. The van der Waals surface area contributed by atoms with Gasteiger partial charge in [0.15, 0.2) is 0 Å². The van der Waals surface area contributed by atoms with E-state index in [1.807, 2.05) is 64.1 Å². The fraction of sp³-hybridized carbons (Fsp3) is 0.389. The maximum Gasteiger partial charge on any atom is 0.323 e. The number of aliphatic carboxylic acids is 1. The van der Waals surface area contributed by atoms with Crippen LogP contribution in [0.4, 0.5) is 21.9 Å². The number of hydrogen-bond donors (Lipinski definition) is 5. The van der Waals surface area contributed by atoms with Crippen LogP contribution in [0.25, 0.3) is 0 Å². The van der Waals surface area contributed by atoms with E-state index in [1.54, 1.807) is 37.4 Å². The number of unbranched alkanes of at least 4 members (excludes halogenated alkanes) is 1. The molecule has 5 N–H and O–H groups in total. The van der Waals surface area contributed by atoms with Gasteiger partial charge in [0.05, 0.1) is 17.0 Å². The molecule has 0 radical (unpaired) electrons. The van der Waals surface area contributed by atoms with Crippen LogP contribution in [0.15, 0.2) is 66.7 Å². The molecule has 4 amide bonds. The molecule has 2 atom stereocenters. The topological polar surface area (TPSA) is 174 Å². The smallest absolute Gasteiger partial charge is 0.323 e. The Bertz CT molecular complexity index is 1810. The van der Waals surface area contributed by atoms with Crippen molar-refractivity contribution in [2.24, 2.45) is 0 Å². The largest absolute Gasteiger partial charge is 0.480 e. The first-order valence-corrected chi connectivity index (χ1v) is 18.0. The monoisotopic (exact) mass is 691 g/mol. The lowest BCUT2D eigenvalue weighted by molar-refractivity contribution is -0.139. The van der Waals surface area contributed by atoms with Crippen LogP contribution >= 0.6 is 0 Å². The van der Waals surface area contributed by atoms with Gasteiger partial charge in [-0.15, -0.1) is 0 Å². The number of benzene rings is 3. The number of aryl methyl sites for hydroxylation is 2. The molecule has 3 aromatic carbocycles. The van der Waals surface area contributed by atoms with Gasteiger partial charge in [-0.2, -0.15) is 0 Å². The standard InChI is InChI=1S/C36H45N5O7S/c1-6-7-21-49(47,48)40-30(34(44)45)14-10-12-24-15-20-29-27(22-24)33(43)41(5)31(32(42)38-29)36(3,4)25-16-18-26(19-17-25)37-35(46)39-28-13-9-8-11-23(28)2/h8-9,11,13,15-20,22,30-31,40H,6-7,10,12,14,21H2,1-5H3,(H,38,42)(H,44,45)(H2,37,39,46). The van der Waals surface area contributed by atoms with E-state index in [-0.39, 0.29) is 30.0 Å². The molecule has 0 bridgehead atoms. The molecular formula is C36H45N5O7S. The number of carboxylic acids is 1. The highest BCUT2D eigenvalue weighted by molar-refractivity contribution is 7.89. The SMILES string of the molecule is CCCCS(=O)(=O)NC(CCCc1ccc2c(c1)C(=O)N(C)C(C(C)(C)c1ccc(NC(=O)Nc3ccccc3C)cc1)C(=O)N2)C(=O)O. The van der Waals surface area contributed by atoms with Crippen LogP contribution in [0.3, 0.4) is 0 Å². The summed E-state index contributed by atoms with van der Waals surface area (Å²) >= 11 is 0. The second kappa shape index (κ2) is 15.6. The summed E-state index contributed by atoms with van der Waals surface area (Å²) in [6.45, 7) is 7.52. The minimum absolute atomic E-state index is 0.0737. The van der Waals surface area contributed by atoms with Crippen LogP contribution in [0, 0.1) is 6.92 Å². The number of likely N-dealkylation sites (N-methyl/N-ethyl adjacent to an activating group) is 1. The van der Waals surface area contributed by atoms with Gasteiger partial charge in [0, 0.05) is 23.8 Å². The van der Waals surface area contributed by atoms with E-state index >= 15 is 0 Å². The Hall–Kier alpha value is -4.75. The quantitative estimate of drug-likeness (QED) is 0.148. The van der Waals surface area contributed by atoms with Crippen molar-refractivity contribution in [3.8, 4) is 0 Å². The van der Waals surface area contributed by atoms with Gasteiger partial charge in [-0.3, -0.25) is 14.4 Å². The van der Waals surface area contributed by atoms with E-state index in [1.165, 1.54) is 4.90 Å². The van der Waals surface area contributed by atoms with E-state index in [9.17, 15) is 32.7 Å². The van der Waals surface area contributed by atoms with Crippen LogP contribution in [-0.2, 0) is 31.4 Å². The van der Waals surface area contributed by atoms with Crippen molar-refractivity contribution in [1.82, 2.24) is 9.62 Å². The van der Waals surface area contributed by atoms with Gasteiger partial charge >= 0.3 is 12.0 Å². The predicted molar refractivity (Wildman–Crippen MR) is 190 cm³/mol. The fourth-order valence-electron chi connectivity index (χ4n) is 6.02. The highest BCUT2D eigenvalue weighted by Gasteiger charge is 2.44. The van der Waals surface area contributed by atoms with Crippen molar-refractivity contribution in [2.45, 2.75) is 77.3 Å². The number of rotatable bonds is 14. The molecule has 0 aliphatic carbocycles. The summed E-state index contributed by atoms with van der Waals surface area (Å²) in [5.74, 6) is -2.09. The summed E-state index contributed by atoms with van der Waals surface area (Å²) in [5, 5.41) is 18.1. The Labute approximate surface area is 287 Å². The maximum absolute atomic E-state index is 13.8. The number of fused-ring (bicyclic) bond motifs is 1. The van der Waals surface area contributed by atoms with Gasteiger partial charge in [-0.25, -0.2) is 17.9 Å². The van der Waals surface area contributed by atoms with Crippen molar-refractivity contribution in [3.63, 3.8) is 0 Å². The van der Waals surface area contributed by atoms with E-state index in [0.29, 0.717) is 48.3 Å². The zero-order chi connectivity index (χ0) is 35.9. The summed E-state index contributed by atoms with van der Waals surface area (Å²) in [6.07, 6.45) is 1.94. The molecule has 13 heteroatoms. The lowest BCUT2D eigenvalue weighted by Gasteiger charge is -2.38. The van der Waals surface area contributed by atoms with E-state index in [4.69, 9.17) is 0 Å². The first kappa shape index (κ1) is 37.1. The third-order valence-corrected chi connectivity index (χ3v) is 10.3. The minimum Gasteiger partial charge on any atom is -0.480 e. The van der Waals surface area contributed by atoms with Gasteiger partial charge in [0.2, 0.25) is 15.9 Å². The summed E-state index contributed by atoms with van der Waals surface area (Å²) in [7, 11) is -2.13. The number of amides is 4. The summed E-state index contributed by atoms with van der Waals surface area (Å²) in [4.78, 5) is 53.2. The van der Waals surface area contributed by atoms with Gasteiger partial charge in [-0.1, -0.05) is 63.6 Å². The number of nitrogens with one attached hydrogen (secondary N) is 4. The molecule has 0 spiro atoms. The number of carbonyl (C=O) groups is 4. The van der Waals surface area contributed by atoms with E-state index in [2.05, 4.69) is 20.7 Å².